The second-order valence-electron chi connectivity index (χ2n) is 7.69. The third-order valence-electron chi connectivity index (χ3n) is 5.32. The van der Waals surface area contributed by atoms with Gasteiger partial charge in [0.2, 0.25) is 5.91 Å². The first-order valence-electron chi connectivity index (χ1n) is 11.2. The summed E-state index contributed by atoms with van der Waals surface area (Å²) in [6.45, 7) is 1.15. The van der Waals surface area contributed by atoms with Crippen LogP contribution in [0.4, 0.5) is 5.69 Å². The lowest BCUT2D eigenvalue weighted by Crippen LogP contribution is -2.44. The number of benzene rings is 1. The van der Waals surface area contributed by atoms with Gasteiger partial charge in [-0.15, -0.1) is 0 Å². The number of nitrogen functional groups attached to an aromatic ring is 1. The minimum Gasteiger partial charge on any atom is -0.493 e. The molecular weight excluding hydrogens is 518 g/mol. The van der Waals surface area contributed by atoms with Crippen LogP contribution in [0.3, 0.4) is 0 Å². The highest BCUT2D eigenvalue weighted by atomic mass is 32.1. The number of rotatable bonds is 12. The summed E-state index contributed by atoms with van der Waals surface area (Å²) in [5.74, 6) is -1.96. The van der Waals surface area contributed by atoms with Crippen molar-refractivity contribution < 1.29 is 37.8 Å². The summed E-state index contributed by atoms with van der Waals surface area (Å²) in [5.41, 5.74) is 11.2. The van der Waals surface area contributed by atoms with Gasteiger partial charge < -0.3 is 40.3 Å². The average Bonchev–Trinajstić information content (AvgIpc) is 3.56. The van der Waals surface area contributed by atoms with Crippen LogP contribution in [-0.2, 0) is 20.9 Å². The van der Waals surface area contributed by atoms with E-state index in [1.165, 1.54) is 31.4 Å². The quantitative estimate of drug-likeness (QED) is 0.281. The SMILES string of the molecule is CCOC(=O)CNC(=O)[C@@H](c1ccc(OC)c(OC)c1)N(Cc1ccco1)C(=O)c1snc(C(N)=O)c1N. The van der Waals surface area contributed by atoms with Crippen LogP contribution in [0.2, 0.25) is 0 Å². The number of nitrogens with zero attached hydrogens (tertiary/aromatic N) is 2. The number of carbonyl (C=O) groups is 4. The molecule has 3 aromatic rings. The minimum absolute atomic E-state index is 0.103. The maximum atomic E-state index is 13.9. The molecule has 0 aliphatic heterocycles. The lowest BCUT2D eigenvalue weighted by Gasteiger charge is -2.30. The number of nitrogens with two attached hydrogens (primary N) is 2. The smallest absolute Gasteiger partial charge is 0.325 e. The molecular formula is C24H27N5O8S. The minimum atomic E-state index is -1.32. The van der Waals surface area contributed by atoms with Gasteiger partial charge >= 0.3 is 5.97 Å². The van der Waals surface area contributed by atoms with Crippen LogP contribution in [0, 0.1) is 0 Å². The number of hydrogen-bond donors (Lipinski definition) is 3. The summed E-state index contributed by atoms with van der Waals surface area (Å²) in [7, 11) is 2.88. The van der Waals surface area contributed by atoms with Gasteiger partial charge in [-0.1, -0.05) is 6.07 Å². The molecule has 0 bridgehead atoms. The van der Waals surface area contributed by atoms with Crippen LogP contribution in [-0.4, -0.2) is 60.3 Å². The lowest BCUT2D eigenvalue weighted by atomic mass is 10.0. The predicted octanol–water partition coefficient (Wildman–Crippen LogP) is 1.50. The van der Waals surface area contributed by atoms with Crippen LogP contribution in [0.1, 0.15) is 44.4 Å². The van der Waals surface area contributed by atoms with Crippen LogP contribution in [0.25, 0.3) is 0 Å². The topological polar surface area (TPSA) is 189 Å². The first kappa shape index (κ1) is 28.0. The molecule has 3 amide bonds. The molecule has 13 nitrogen and oxygen atoms in total. The Balaban J connectivity index is 2.13. The molecule has 1 atom stereocenters. The molecule has 0 aliphatic carbocycles. The van der Waals surface area contributed by atoms with Crippen molar-refractivity contribution in [3.05, 3.63) is 58.5 Å². The normalized spacial score (nSPS) is 11.3. The van der Waals surface area contributed by atoms with Crippen molar-refractivity contribution in [2.24, 2.45) is 5.73 Å². The van der Waals surface area contributed by atoms with E-state index in [2.05, 4.69) is 9.69 Å². The van der Waals surface area contributed by atoms with Gasteiger partial charge in [0.25, 0.3) is 11.8 Å². The molecule has 38 heavy (non-hydrogen) atoms. The molecule has 0 aliphatic rings. The number of ether oxygens (including phenoxy) is 3. The van der Waals surface area contributed by atoms with E-state index in [-0.39, 0.29) is 29.4 Å². The van der Waals surface area contributed by atoms with Gasteiger partial charge in [0.1, 0.15) is 23.2 Å². The molecule has 0 unspecified atom stereocenters. The van der Waals surface area contributed by atoms with Gasteiger partial charge in [-0.05, 0) is 48.3 Å². The number of esters is 1. The van der Waals surface area contributed by atoms with Gasteiger partial charge in [0, 0.05) is 0 Å². The zero-order valence-corrected chi connectivity index (χ0v) is 21.7. The van der Waals surface area contributed by atoms with Gasteiger partial charge in [-0.25, -0.2) is 0 Å². The van der Waals surface area contributed by atoms with Gasteiger partial charge in [-0.2, -0.15) is 4.37 Å². The van der Waals surface area contributed by atoms with Crippen molar-refractivity contribution in [2.45, 2.75) is 19.5 Å². The molecule has 0 fully saturated rings. The highest BCUT2D eigenvalue weighted by Gasteiger charge is 2.36. The van der Waals surface area contributed by atoms with Gasteiger partial charge in [0.05, 0.1) is 39.3 Å². The van der Waals surface area contributed by atoms with Crippen molar-refractivity contribution >= 4 is 40.9 Å². The standard InChI is InChI=1S/C24H27N5O8S/c1-4-36-17(30)11-27-23(32)20(13-7-8-15(34-2)16(10-13)35-3)29(12-14-6-5-9-37-14)24(33)21-18(25)19(22(26)31)28-38-21/h5-10,20H,4,11-12,25H2,1-3H3,(H2,26,31)(H,27,32)/t20-/m1/s1. The Labute approximate surface area is 221 Å². The number of hydrogen-bond acceptors (Lipinski definition) is 11. The molecule has 5 N–H and O–H groups in total. The summed E-state index contributed by atoms with van der Waals surface area (Å²) in [4.78, 5) is 52.2. The van der Waals surface area contributed by atoms with Gasteiger partial charge in [-0.3, -0.25) is 19.2 Å². The zero-order chi connectivity index (χ0) is 27.8. The monoisotopic (exact) mass is 545 g/mol. The third-order valence-corrected chi connectivity index (χ3v) is 6.17. The lowest BCUT2D eigenvalue weighted by molar-refractivity contribution is -0.144. The Hall–Kier alpha value is -4.59. The Morgan fingerprint density at radius 3 is 2.47 bits per heavy atom. The molecule has 2 heterocycles. The van der Waals surface area contributed by atoms with E-state index in [1.807, 2.05) is 0 Å². The summed E-state index contributed by atoms with van der Waals surface area (Å²) in [6, 6.07) is 6.59. The fraction of sp³-hybridized carbons (Fsp3) is 0.292. The fourth-order valence-corrected chi connectivity index (χ4v) is 4.34. The van der Waals surface area contributed by atoms with Crippen LogP contribution >= 0.6 is 11.5 Å². The van der Waals surface area contributed by atoms with E-state index in [1.54, 1.807) is 31.2 Å². The van der Waals surface area contributed by atoms with Crippen molar-refractivity contribution in [1.82, 2.24) is 14.6 Å². The molecule has 3 rings (SSSR count). The molecule has 14 heteroatoms. The molecule has 2 aromatic heterocycles. The number of nitrogens with one attached hydrogen (secondary N) is 1. The van der Waals surface area contributed by atoms with Gasteiger partial charge in [0.15, 0.2) is 17.2 Å². The third kappa shape index (κ3) is 6.21. The van der Waals surface area contributed by atoms with Crippen molar-refractivity contribution in [2.75, 3.05) is 33.1 Å². The number of aromatic nitrogens is 1. The second kappa shape index (κ2) is 12.6. The first-order valence-corrected chi connectivity index (χ1v) is 12.0. The Bertz CT molecular complexity index is 1310. The number of carbonyl (C=O) groups excluding carboxylic acids is 4. The highest BCUT2D eigenvalue weighted by molar-refractivity contribution is 7.09. The zero-order valence-electron chi connectivity index (χ0n) is 20.9. The van der Waals surface area contributed by atoms with E-state index >= 15 is 0 Å². The van der Waals surface area contributed by atoms with Crippen molar-refractivity contribution in [1.29, 1.82) is 0 Å². The van der Waals surface area contributed by atoms with E-state index in [0.29, 0.717) is 34.4 Å². The fourth-order valence-electron chi connectivity index (χ4n) is 3.57. The average molecular weight is 546 g/mol. The first-order chi connectivity index (χ1) is 18.2. The number of amides is 3. The predicted molar refractivity (Wildman–Crippen MR) is 136 cm³/mol. The maximum Gasteiger partial charge on any atom is 0.325 e. The summed E-state index contributed by atoms with van der Waals surface area (Å²) >= 11 is 0.668. The Morgan fingerprint density at radius 2 is 1.89 bits per heavy atom. The number of methoxy groups -OCH3 is 2. The van der Waals surface area contributed by atoms with Crippen molar-refractivity contribution in [3.63, 3.8) is 0 Å². The Morgan fingerprint density at radius 1 is 1.16 bits per heavy atom. The van der Waals surface area contributed by atoms with Crippen LogP contribution < -0.4 is 26.3 Å². The Kier molecular flexibility index (Phi) is 9.27. The maximum absolute atomic E-state index is 13.9. The molecule has 0 saturated heterocycles. The highest BCUT2D eigenvalue weighted by Crippen LogP contribution is 2.35. The van der Waals surface area contributed by atoms with E-state index in [4.69, 9.17) is 30.1 Å². The summed E-state index contributed by atoms with van der Waals surface area (Å²) in [6.07, 6.45) is 1.41. The number of anilines is 1. The number of primary amides is 1. The van der Waals surface area contributed by atoms with E-state index < -0.39 is 36.3 Å². The van der Waals surface area contributed by atoms with E-state index in [9.17, 15) is 19.2 Å². The van der Waals surface area contributed by atoms with Crippen molar-refractivity contribution in [3.8, 4) is 11.5 Å². The summed E-state index contributed by atoms with van der Waals surface area (Å²) < 4.78 is 24.9. The molecule has 0 radical (unpaired) electrons. The molecule has 202 valence electrons. The number of furan rings is 1. The molecule has 1 aromatic carbocycles. The van der Waals surface area contributed by atoms with E-state index in [0.717, 1.165) is 0 Å². The van der Waals surface area contributed by atoms with Crippen LogP contribution in [0.15, 0.2) is 41.0 Å². The van der Waals surface area contributed by atoms with Crippen LogP contribution in [0.5, 0.6) is 11.5 Å². The largest absolute Gasteiger partial charge is 0.493 e. The molecule has 0 spiro atoms. The molecule has 0 saturated carbocycles. The second-order valence-corrected chi connectivity index (χ2v) is 8.46. The summed E-state index contributed by atoms with van der Waals surface area (Å²) in [5, 5.41) is 2.51.